The lowest BCUT2D eigenvalue weighted by Crippen LogP contribution is -2.31. The molecule has 17 heavy (non-hydrogen) atoms. The van der Waals surface area contributed by atoms with Crippen LogP contribution in [0.25, 0.3) is 0 Å². The number of hydrogen-bond acceptors (Lipinski definition) is 4. The summed E-state index contributed by atoms with van der Waals surface area (Å²) in [6.07, 6.45) is 2.77. The van der Waals surface area contributed by atoms with Crippen molar-refractivity contribution in [2.45, 2.75) is 12.5 Å². The third-order valence-electron chi connectivity index (χ3n) is 2.26. The molecule has 0 amide bonds. The normalized spacial score (nSPS) is 11.9. The Kier molecular flexibility index (Phi) is 6.44. The first-order valence-corrected chi connectivity index (χ1v) is 7.45. The summed E-state index contributed by atoms with van der Waals surface area (Å²) in [6.45, 7) is 0. The predicted octanol–water partition coefficient (Wildman–Crippen LogP) is 3.16. The Labute approximate surface area is 114 Å². The Bertz CT molecular complexity index is 373. The second kappa shape index (κ2) is 7.61. The van der Waals surface area contributed by atoms with E-state index in [2.05, 4.69) is 21.2 Å². The maximum absolute atomic E-state index is 11.6. The van der Waals surface area contributed by atoms with Gasteiger partial charge in [0, 0.05) is 10.2 Å². The van der Waals surface area contributed by atoms with E-state index in [9.17, 15) is 4.79 Å². The number of carbonyl (C=O) groups is 1. The van der Waals surface area contributed by atoms with Gasteiger partial charge in [-0.15, -0.1) is 0 Å². The molecule has 1 N–H and O–H groups in total. The smallest absolute Gasteiger partial charge is 0.328 e. The highest BCUT2D eigenvalue weighted by molar-refractivity contribution is 9.10. The molecule has 0 fully saturated rings. The predicted molar refractivity (Wildman–Crippen MR) is 76.6 cm³/mol. The zero-order chi connectivity index (χ0) is 12.7. The van der Waals surface area contributed by atoms with E-state index in [0.717, 1.165) is 22.3 Å². The summed E-state index contributed by atoms with van der Waals surface area (Å²) in [5, 5.41) is 3.19. The molecular formula is C12H16BrNO2S. The summed E-state index contributed by atoms with van der Waals surface area (Å²) in [6, 6.07) is 7.45. The third-order valence-corrected chi connectivity index (χ3v) is 3.40. The van der Waals surface area contributed by atoms with Crippen LogP contribution in [0.5, 0.6) is 0 Å². The van der Waals surface area contributed by atoms with Crippen molar-refractivity contribution in [2.75, 3.05) is 24.4 Å². The number of hydrogen-bond donors (Lipinski definition) is 1. The molecule has 0 saturated carbocycles. The van der Waals surface area contributed by atoms with E-state index >= 15 is 0 Å². The number of anilines is 1. The third kappa shape index (κ3) is 5.00. The highest BCUT2D eigenvalue weighted by atomic mass is 79.9. The maximum atomic E-state index is 11.6. The average Bonchev–Trinajstić information content (AvgIpc) is 2.33. The zero-order valence-corrected chi connectivity index (χ0v) is 12.3. The summed E-state index contributed by atoms with van der Waals surface area (Å²) in [5.74, 6) is 0.694. The minimum atomic E-state index is -0.290. The van der Waals surface area contributed by atoms with Gasteiger partial charge in [-0.2, -0.15) is 11.8 Å². The van der Waals surface area contributed by atoms with E-state index in [0.29, 0.717) is 0 Å². The molecule has 1 rings (SSSR count). The Morgan fingerprint density at radius 1 is 1.59 bits per heavy atom. The highest BCUT2D eigenvalue weighted by Crippen LogP contribution is 2.17. The number of benzene rings is 1. The molecule has 1 aromatic carbocycles. The standard InChI is InChI=1S/C12H16BrNO2S/c1-16-12(15)11(6-7-17-2)14-10-5-3-4-9(13)8-10/h3-5,8,11,14H,6-7H2,1-2H3. The Balaban J connectivity index is 2.68. The maximum Gasteiger partial charge on any atom is 0.328 e. The van der Waals surface area contributed by atoms with Gasteiger partial charge in [0.2, 0.25) is 0 Å². The van der Waals surface area contributed by atoms with Gasteiger partial charge < -0.3 is 10.1 Å². The van der Waals surface area contributed by atoms with Crippen LogP contribution >= 0.6 is 27.7 Å². The lowest BCUT2D eigenvalue weighted by molar-refractivity contribution is -0.141. The quantitative estimate of drug-likeness (QED) is 0.818. The van der Waals surface area contributed by atoms with Crippen molar-refractivity contribution in [3.8, 4) is 0 Å². The molecule has 3 nitrogen and oxygen atoms in total. The molecule has 0 spiro atoms. The summed E-state index contributed by atoms with van der Waals surface area (Å²) >= 11 is 5.11. The molecule has 5 heteroatoms. The van der Waals surface area contributed by atoms with Crippen molar-refractivity contribution in [1.29, 1.82) is 0 Å². The minimum Gasteiger partial charge on any atom is -0.467 e. The molecule has 94 valence electrons. The van der Waals surface area contributed by atoms with Crippen molar-refractivity contribution < 1.29 is 9.53 Å². The fourth-order valence-corrected chi connectivity index (χ4v) is 2.28. The first-order chi connectivity index (χ1) is 8.17. The van der Waals surface area contributed by atoms with Gasteiger partial charge in [0.1, 0.15) is 6.04 Å². The van der Waals surface area contributed by atoms with Crippen LogP contribution in [0.2, 0.25) is 0 Å². The molecule has 0 aliphatic heterocycles. The van der Waals surface area contributed by atoms with Crippen LogP contribution in [0.15, 0.2) is 28.7 Å². The molecule has 0 aliphatic carbocycles. The topological polar surface area (TPSA) is 38.3 Å². The molecule has 0 aromatic heterocycles. The molecule has 0 saturated heterocycles. The van der Waals surface area contributed by atoms with E-state index < -0.39 is 0 Å². The summed E-state index contributed by atoms with van der Waals surface area (Å²) in [5.41, 5.74) is 0.913. The number of esters is 1. The first-order valence-electron chi connectivity index (χ1n) is 5.26. The van der Waals surface area contributed by atoms with E-state index in [4.69, 9.17) is 4.74 Å². The number of ether oxygens (including phenoxy) is 1. The van der Waals surface area contributed by atoms with Crippen molar-refractivity contribution in [1.82, 2.24) is 0 Å². The van der Waals surface area contributed by atoms with Crippen molar-refractivity contribution in [2.24, 2.45) is 0 Å². The van der Waals surface area contributed by atoms with Crippen LogP contribution in [-0.2, 0) is 9.53 Å². The Hall–Kier alpha value is -0.680. The molecule has 0 bridgehead atoms. The van der Waals surface area contributed by atoms with Gasteiger partial charge in [-0.3, -0.25) is 0 Å². The van der Waals surface area contributed by atoms with Gasteiger partial charge in [0.05, 0.1) is 7.11 Å². The van der Waals surface area contributed by atoms with Gasteiger partial charge in [-0.25, -0.2) is 4.79 Å². The van der Waals surface area contributed by atoms with Crippen LogP contribution in [0.4, 0.5) is 5.69 Å². The molecule has 1 aromatic rings. The Morgan fingerprint density at radius 3 is 2.94 bits per heavy atom. The summed E-state index contributed by atoms with van der Waals surface area (Å²) < 4.78 is 5.77. The zero-order valence-electron chi connectivity index (χ0n) is 9.90. The highest BCUT2D eigenvalue weighted by Gasteiger charge is 2.18. The summed E-state index contributed by atoms with van der Waals surface area (Å²) in [7, 11) is 1.41. The van der Waals surface area contributed by atoms with Crippen molar-refractivity contribution in [3.63, 3.8) is 0 Å². The fraction of sp³-hybridized carbons (Fsp3) is 0.417. The van der Waals surface area contributed by atoms with Gasteiger partial charge in [-0.1, -0.05) is 22.0 Å². The second-order valence-corrected chi connectivity index (χ2v) is 5.41. The van der Waals surface area contributed by atoms with Crippen LogP contribution in [0.1, 0.15) is 6.42 Å². The minimum absolute atomic E-state index is 0.223. The second-order valence-electron chi connectivity index (χ2n) is 3.51. The molecule has 1 unspecified atom stereocenters. The van der Waals surface area contributed by atoms with Crippen LogP contribution < -0.4 is 5.32 Å². The number of thioether (sulfide) groups is 1. The van der Waals surface area contributed by atoms with E-state index in [1.165, 1.54) is 7.11 Å². The number of methoxy groups -OCH3 is 1. The lowest BCUT2D eigenvalue weighted by Gasteiger charge is -2.17. The van der Waals surface area contributed by atoms with Crippen molar-refractivity contribution >= 4 is 39.3 Å². The molecular weight excluding hydrogens is 302 g/mol. The van der Waals surface area contributed by atoms with Gasteiger partial charge in [-0.05, 0) is 36.6 Å². The van der Waals surface area contributed by atoms with Gasteiger partial charge >= 0.3 is 5.97 Å². The van der Waals surface area contributed by atoms with Crippen LogP contribution in [-0.4, -0.2) is 31.1 Å². The number of carbonyl (C=O) groups excluding carboxylic acids is 1. The monoisotopic (exact) mass is 317 g/mol. The van der Waals surface area contributed by atoms with Crippen molar-refractivity contribution in [3.05, 3.63) is 28.7 Å². The molecule has 0 radical (unpaired) electrons. The van der Waals surface area contributed by atoms with E-state index in [1.54, 1.807) is 11.8 Å². The number of halogens is 1. The Morgan fingerprint density at radius 2 is 2.35 bits per heavy atom. The summed E-state index contributed by atoms with van der Waals surface area (Å²) in [4.78, 5) is 11.6. The van der Waals surface area contributed by atoms with Crippen LogP contribution in [0, 0.1) is 0 Å². The fourth-order valence-electron chi connectivity index (χ4n) is 1.41. The van der Waals surface area contributed by atoms with Gasteiger partial charge in [0.15, 0.2) is 0 Å². The average molecular weight is 318 g/mol. The van der Waals surface area contributed by atoms with E-state index in [1.807, 2.05) is 30.5 Å². The molecule has 1 atom stereocenters. The SMILES string of the molecule is COC(=O)C(CCSC)Nc1cccc(Br)c1. The molecule has 0 heterocycles. The first kappa shape index (κ1) is 14.4. The number of nitrogens with one attached hydrogen (secondary N) is 1. The number of rotatable bonds is 6. The lowest BCUT2D eigenvalue weighted by atomic mass is 10.2. The van der Waals surface area contributed by atoms with E-state index in [-0.39, 0.29) is 12.0 Å². The molecule has 0 aliphatic rings. The largest absolute Gasteiger partial charge is 0.467 e. The van der Waals surface area contributed by atoms with Crippen LogP contribution in [0.3, 0.4) is 0 Å². The van der Waals surface area contributed by atoms with Gasteiger partial charge in [0.25, 0.3) is 0 Å².